The molecule has 1 aliphatic heterocycles. The summed E-state index contributed by atoms with van der Waals surface area (Å²) in [6.07, 6.45) is 2.56. The fourth-order valence-corrected chi connectivity index (χ4v) is 3.12. The van der Waals surface area contributed by atoms with Gasteiger partial charge in [-0.15, -0.1) is 5.10 Å². The van der Waals surface area contributed by atoms with Crippen molar-refractivity contribution in [2.24, 2.45) is 0 Å². The Kier molecular flexibility index (Phi) is 3.96. The first kappa shape index (κ1) is 15.8. The summed E-state index contributed by atoms with van der Waals surface area (Å²) in [4.78, 5) is 18.6. The van der Waals surface area contributed by atoms with E-state index in [0.29, 0.717) is 41.1 Å². The number of likely N-dealkylation sites (tertiary alicyclic amines) is 1. The van der Waals surface area contributed by atoms with Gasteiger partial charge in [0, 0.05) is 13.1 Å². The lowest BCUT2D eigenvalue weighted by atomic mass is 10.2. The van der Waals surface area contributed by atoms with Gasteiger partial charge in [-0.1, -0.05) is 34.1 Å². The molecule has 0 radical (unpaired) electrons. The summed E-state index contributed by atoms with van der Waals surface area (Å²) in [6.45, 7) is 2.94. The molecule has 0 bridgehead atoms. The number of aromatic nitrogens is 5. The van der Waals surface area contributed by atoms with Crippen LogP contribution in [0.1, 0.15) is 28.6 Å². The normalized spacial score (nSPS) is 17.2. The molecule has 2 aromatic heterocycles. The smallest absolute Gasteiger partial charge is 0.280 e. The summed E-state index contributed by atoms with van der Waals surface area (Å²) in [5.74, 6) is 0.814. The van der Waals surface area contributed by atoms with Crippen molar-refractivity contribution in [2.45, 2.75) is 19.4 Å². The molecule has 25 heavy (non-hydrogen) atoms. The first-order valence-electron chi connectivity index (χ1n) is 7.88. The van der Waals surface area contributed by atoms with Crippen LogP contribution in [-0.4, -0.2) is 49.0 Å². The van der Waals surface area contributed by atoms with Crippen LogP contribution >= 0.6 is 11.6 Å². The van der Waals surface area contributed by atoms with Crippen LogP contribution in [0.15, 0.2) is 35.0 Å². The Morgan fingerprint density at radius 2 is 2.20 bits per heavy atom. The van der Waals surface area contributed by atoms with Crippen molar-refractivity contribution in [3.63, 3.8) is 0 Å². The summed E-state index contributed by atoms with van der Waals surface area (Å²) in [5, 5.41) is 12.4. The number of carbonyl (C=O) groups excluding carboxylic acids is 1. The predicted molar refractivity (Wildman–Crippen MR) is 89.1 cm³/mol. The Morgan fingerprint density at radius 1 is 1.36 bits per heavy atom. The highest BCUT2D eigenvalue weighted by molar-refractivity contribution is 6.33. The van der Waals surface area contributed by atoms with Gasteiger partial charge in [-0.2, -0.15) is 4.98 Å². The monoisotopic (exact) mass is 358 g/mol. The Bertz CT molecular complexity index is 921. The first-order valence-corrected chi connectivity index (χ1v) is 8.26. The second kappa shape index (κ2) is 6.29. The fourth-order valence-electron chi connectivity index (χ4n) is 2.90. The second-order valence-corrected chi connectivity index (χ2v) is 6.31. The maximum Gasteiger partial charge on any atom is 0.280 e. The Morgan fingerprint density at radius 3 is 2.96 bits per heavy atom. The minimum Gasteiger partial charge on any atom is -0.336 e. The number of amides is 1. The molecule has 1 saturated heterocycles. The lowest BCUT2D eigenvalue weighted by Crippen LogP contribution is -2.29. The molecule has 8 nitrogen and oxygen atoms in total. The average Bonchev–Trinajstić information content (AvgIpc) is 3.34. The molecule has 0 aliphatic carbocycles. The van der Waals surface area contributed by atoms with Gasteiger partial charge < -0.3 is 9.42 Å². The highest BCUT2D eigenvalue weighted by Crippen LogP contribution is 2.26. The van der Waals surface area contributed by atoms with Crippen LogP contribution in [0, 0.1) is 6.92 Å². The van der Waals surface area contributed by atoms with Gasteiger partial charge in [0.05, 0.1) is 22.8 Å². The molecule has 1 aliphatic rings. The van der Waals surface area contributed by atoms with E-state index in [9.17, 15) is 4.79 Å². The van der Waals surface area contributed by atoms with Crippen LogP contribution in [0.3, 0.4) is 0 Å². The van der Waals surface area contributed by atoms with E-state index in [1.54, 1.807) is 34.8 Å². The van der Waals surface area contributed by atoms with E-state index in [0.717, 1.165) is 6.42 Å². The van der Waals surface area contributed by atoms with E-state index in [2.05, 4.69) is 20.5 Å². The van der Waals surface area contributed by atoms with E-state index in [1.807, 2.05) is 12.1 Å². The highest BCUT2D eigenvalue weighted by atomic mass is 35.5. The third kappa shape index (κ3) is 3.00. The van der Waals surface area contributed by atoms with Gasteiger partial charge in [0.25, 0.3) is 11.8 Å². The molecule has 0 spiro atoms. The summed E-state index contributed by atoms with van der Waals surface area (Å²) in [7, 11) is 0. The topological polar surface area (TPSA) is 89.9 Å². The van der Waals surface area contributed by atoms with Crippen LogP contribution in [0.5, 0.6) is 0 Å². The summed E-state index contributed by atoms with van der Waals surface area (Å²) in [6, 6.07) is 7.13. The Labute approximate surface area is 148 Å². The minimum absolute atomic E-state index is 0.0525. The Balaban J connectivity index is 1.49. The molecule has 1 amide bonds. The minimum atomic E-state index is -0.0686. The molecular weight excluding hydrogens is 344 g/mol. The molecule has 0 N–H and O–H groups in total. The zero-order valence-electron chi connectivity index (χ0n) is 13.5. The maximum absolute atomic E-state index is 12.6. The molecule has 0 saturated carbocycles. The quantitative estimate of drug-likeness (QED) is 0.714. The third-order valence-corrected chi connectivity index (χ3v) is 4.52. The zero-order valence-corrected chi connectivity index (χ0v) is 14.2. The number of halogens is 1. The predicted octanol–water partition coefficient (Wildman–Crippen LogP) is 2.38. The van der Waals surface area contributed by atoms with Crippen molar-refractivity contribution in [2.75, 3.05) is 13.1 Å². The second-order valence-electron chi connectivity index (χ2n) is 5.90. The number of carbonyl (C=O) groups is 1. The first-order chi connectivity index (χ1) is 12.1. The molecule has 3 aromatic rings. The van der Waals surface area contributed by atoms with Gasteiger partial charge in [-0.3, -0.25) is 4.79 Å². The number of hydrogen-bond donors (Lipinski definition) is 0. The van der Waals surface area contributed by atoms with Crippen LogP contribution in [0.25, 0.3) is 11.6 Å². The number of nitrogens with zero attached hydrogens (tertiary/aromatic N) is 6. The third-order valence-electron chi connectivity index (χ3n) is 4.19. The van der Waals surface area contributed by atoms with Gasteiger partial charge in [-0.05, 0) is 25.5 Å². The molecule has 9 heteroatoms. The van der Waals surface area contributed by atoms with Crippen molar-refractivity contribution >= 4 is 17.5 Å². The number of rotatable bonds is 3. The van der Waals surface area contributed by atoms with Gasteiger partial charge in [-0.25, -0.2) is 4.68 Å². The van der Waals surface area contributed by atoms with Gasteiger partial charge >= 0.3 is 0 Å². The maximum atomic E-state index is 12.6. The molecule has 4 rings (SSSR count). The van der Waals surface area contributed by atoms with E-state index in [1.165, 1.54) is 0 Å². The number of aryl methyl sites for hydroxylation is 1. The van der Waals surface area contributed by atoms with Crippen molar-refractivity contribution in [3.05, 3.63) is 46.9 Å². The number of benzene rings is 1. The van der Waals surface area contributed by atoms with Crippen LogP contribution in [-0.2, 0) is 0 Å². The summed E-state index contributed by atoms with van der Waals surface area (Å²) < 4.78 is 6.85. The largest absolute Gasteiger partial charge is 0.336 e. The SMILES string of the molecule is Cc1noc(-c2cn([C@H]3CCN(C(=O)c4ccccc4Cl)C3)nn2)n1. The van der Waals surface area contributed by atoms with Gasteiger partial charge in [0.15, 0.2) is 11.5 Å². The van der Waals surface area contributed by atoms with Crippen LogP contribution in [0.2, 0.25) is 5.02 Å². The van der Waals surface area contributed by atoms with E-state index in [-0.39, 0.29) is 11.9 Å². The summed E-state index contributed by atoms with van der Waals surface area (Å²) in [5.41, 5.74) is 1.04. The lowest BCUT2D eigenvalue weighted by Gasteiger charge is -2.17. The van der Waals surface area contributed by atoms with E-state index in [4.69, 9.17) is 16.1 Å². The Hall–Kier alpha value is -2.74. The highest BCUT2D eigenvalue weighted by Gasteiger charge is 2.30. The standard InChI is InChI=1S/C16H15ClN6O2/c1-10-18-15(25-20-10)14-9-23(21-19-14)11-6-7-22(8-11)16(24)12-4-2-3-5-13(12)17/h2-5,9,11H,6-8H2,1H3/t11-/m0/s1. The molecule has 1 atom stereocenters. The molecule has 3 heterocycles. The van der Waals surface area contributed by atoms with Crippen molar-refractivity contribution < 1.29 is 9.32 Å². The van der Waals surface area contributed by atoms with Crippen LogP contribution < -0.4 is 0 Å². The average molecular weight is 359 g/mol. The van der Waals surface area contributed by atoms with Crippen molar-refractivity contribution in [1.29, 1.82) is 0 Å². The lowest BCUT2D eigenvalue weighted by molar-refractivity contribution is 0.0787. The molecule has 1 aromatic carbocycles. The van der Waals surface area contributed by atoms with Crippen molar-refractivity contribution in [3.8, 4) is 11.6 Å². The fraction of sp³-hybridized carbons (Fsp3) is 0.312. The van der Waals surface area contributed by atoms with E-state index >= 15 is 0 Å². The van der Waals surface area contributed by atoms with Gasteiger partial charge in [0.2, 0.25) is 0 Å². The van der Waals surface area contributed by atoms with E-state index < -0.39 is 0 Å². The number of hydrogen-bond acceptors (Lipinski definition) is 6. The zero-order chi connectivity index (χ0) is 17.4. The van der Waals surface area contributed by atoms with Crippen molar-refractivity contribution in [1.82, 2.24) is 30.0 Å². The molecule has 128 valence electrons. The molecular formula is C16H15ClN6O2. The molecule has 0 unspecified atom stereocenters. The van der Waals surface area contributed by atoms with Gasteiger partial charge in [0.1, 0.15) is 0 Å². The summed E-state index contributed by atoms with van der Waals surface area (Å²) >= 11 is 6.13. The molecule has 1 fully saturated rings. The van der Waals surface area contributed by atoms with Crippen LogP contribution in [0.4, 0.5) is 0 Å².